The Morgan fingerprint density at radius 2 is 1.81 bits per heavy atom. The van der Waals surface area contributed by atoms with Crippen LogP contribution in [0.4, 0.5) is 0 Å². The number of aliphatic hydroxyl groups excluding tert-OH is 1. The number of amides is 1. The molecule has 4 nitrogen and oxygen atoms in total. The quantitative estimate of drug-likeness (QED) is 0.817. The summed E-state index contributed by atoms with van der Waals surface area (Å²) in [6, 6.07) is 0. The second-order valence-corrected chi connectivity index (χ2v) is 6.79. The summed E-state index contributed by atoms with van der Waals surface area (Å²) < 4.78 is 0. The third-order valence-electron chi connectivity index (χ3n) is 5.16. The van der Waals surface area contributed by atoms with Crippen LogP contribution in [0.15, 0.2) is 0 Å². The molecule has 0 unspecified atom stereocenters. The van der Waals surface area contributed by atoms with E-state index >= 15 is 0 Å². The smallest absolute Gasteiger partial charge is 0.222 e. The molecule has 1 aliphatic heterocycles. The Hall–Kier alpha value is -0.610. The minimum absolute atomic E-state index is 0.224. The second-order valence-electron chi connectivity index (χ2n) is 6.79. The predicted molar refractivity (Wildman–Crippen MR) is 85.1 cm³/mol. The highest BCUT2D eigenvalue weighted by Crippen LogP contribution is 2.27. The van der Waals surface area contributed by atoms with Crippen LogP contribution in [-0.4, -0.2) is 59.6 Å². The molecule has 1 saturated carbocycles. The zero-order valence-electron chi connectivity index (χ0n) is 13.6. The number of rotatable bonds is 6. The summed E-state index contributed by atoms with van der Waals surface area (Å²) in [5.41, 5.74) is 0. The van der Waals surface area contributed by atoms with Crippen LogP contribution in [-0.2, 0) is 4.79 Å². The van der Waals surface area contributed by atoms with Crippen molar-refractivity contribution in [3.63, 3.8) is 0 Å². The molecule has 2 fully saturated rings. The molecule has 0 aromatic rings. The first-order valence-electron chi connectivity index (χ1n) is 8.87. The van der Waals surface area contributed by atoms with Gasteiger partial charge >= 0.3 is 0 Å². The van der Waals surface area contributed by atoms with Crippen LogP contribution in [0.2, 0.25) is 0 Å². The van der Waals surface area contributed by atoms with Gasteiger partial charge in [-0.15, -0.1) is 0 Å². The van der Waals surface area contributed by atoms with Crippen LogP contribution in [0.5, 0.6) is 0 Å². The van der Waals surface area contributed by atoms with Crippen LogP contribution in [0.3, 0.4) is 0 Å². The van der Waals surface area contributed by atoms with Crippen LogP contribution in [0.25, 0.3) is 0 Å². The fourth-order valence-electron chi connectivity index (χ4n) is 3.57. The number of piperazine rings is 1. The van der Waals surface area contributed by atoms with Crippen molar-refractivity contribution in [2.24, 2.45) is 5.92 Å². The van der Waals surface area contributed by atoms with Gasteiger partial charge in [-0.2, -0.15) is 0 Å². The standard InChI is InChI=1S/C17H32N2O2/c1-2-16(20)14-18-10-12-19(13-11-18)17(21)9-8-15-6-4-3-5-7-15/h15-16,20H,2-14H2,1H3/t16-/m1/s1. The maximum atomic E-state index is 12.3. The molecule has 1 amide bonds. The third kappa shape index (κ3) is 5.59. The van der Waals surface area contributed by atoms with E-state index in [1.54, 1.807) is 0 Å². The van der Waals surface area contributed by atoms with E-state index in [0.717, 1.165) is 57.9 Å². The van der Waals surface area contributed by atoms with Crippen molar-refractivity contribution in [2.75, 3.05) is 32.7 Å². The van der Waals surface area contributed by atoms with Crippen LogP contribution >= 0.6 is 0 Å². The first-order chi connectivity index (χ1) is 10.2. The summed E-state index contributed by atoms with van der Waals surface area (Å²) in [6.07, 6.45) is 9.17. The van der Waals surface area contributed by atoms with E-state index in [1.807, 2.05) is 11.8 Å². The molecule has 1 aliphatic carbocycles. The molecule has 1 atom stereocenters. The molecule has 1 saturated heterocycles. The number of nitrogens with zero attached hydrogens (tertiary/aromatic N) is 2. The van der Waals surface area contributed by atoms with Crippen LogP contribution in [0.1, 0.15) is 58.3 Å². The maximum Gasteiger partial charge on any atom is 0.222 e. The highest BCUT2D eigenvalue weighted by Gasteiger charge is 2.23. The van der Waals surface area contributed by atoms with E-state index in [4.69, 9.17) is 0 Å². The molecule has 0 radical (unpaired) electrons. The minimum Gasteiger partial charge on any atom is -0.392 e. The summed E-state index contributed by atoms with van der Waals surface area (Å²) in [5.74, 6) is 1.14. The number of carbonyl (C=O) groups is 1. The fourth-order valence-corrected chi connectivity index (χ4v) is 3.57. The molecule has 1 N–H and O–H groups in total. The van der Waals surface area contributed by atoms with Crippen LogP contribution < -0.4 is 0 Å². The van der Waals surface area contributed by atoms with E-state index in [9.17, 15) is 9.90 Å². The number of hydrogen-bond donors (Lipinski definition) is 1. The molecule has 0 aromatic heterocycles. The lowest BCUT2D eigenvalue weighted by atomic mass is 9.86. The molecule has 0 spiro atoms. The van der Waals surface area contributed by atoms with Crippen molar-refractivity contribution in [3.8, 4) is 0 Å². The maximum absolute atomic E-state index is 12.3. The van der Waals surface area contributed by atoms with Gasteiger partial charge in [0.15, 0.2) is 0 Å². The Bertz CT molecular complexity index is 308. The van der Waals surface area contributed by atoms with E-state index < -0.39 is 0 Å². The Labute approximate surface area is 129 Å². The Morgan fingerprint density at radius 1 is 1.14 bits per heavy atom. The molecular weight excluding hydrogens is 264 g/mol. The summed E-state index contributed by atoms with van der Waals surface area (Å²) >= 11 is 0. The number of carbonyl (C=O) groups excluding carboxylic acids is 1. The van der Waals surface area contributed by atoms with Gasteiger partial charge in [-0.25, -0.2) is 0 Å². The van der Waals surface area contributed by atoms with E-state index in [2.05, 4.69) is 4.90 Å². The Morgan fingerprint density at radius 3 is 2.43 bits per heavy atom. The fraction of sp³-hybridized carbons (Fsp3) is 0.941. The predicted octanol–water partition coefficient (Wildman–Crippen LogP) is 2.26. The van der Waals surface area contributed by atoms with Gasteiger partial charge in [0.05, 0.1) is 6.10 Å². The third-order valence-corrected chi connectivity index (χ3v) is 5.16. The van der Waals surface area contributed by atoms with E-state index in [0.29, 0.717) is 5.91 Å². The summed E-state index contributed by atoms with van der Waals surface area (Å²) in [5, 5.41) is 9.69. The van der Waals surface area contributed by atoms with E-state index in [1.165, 1.54) is 32.1 Å². The normalized spacial score (nSPS) is 23.2. The zero-order chi connectivity index (χ0) is 15.1. The monoisotopic (exact) mass is 296 g/mol. The van der Waals surface area contributed by atoms with Gasteiger partial charge < -0.3 is 10.0 Å². The molecule has 0 bridgehead atoms. The van der Waals surface area contributed by atoms with Crippen LogP contribution in [0, 0.1) is 5.92 Å². The Kier molecular flexibility index (Phi) is 6.97. The van der Waals surface area contributed by atoms with Crippen molar-refractivity contribution >= 4 is 5.91 Å². The van der Waals surface area contributed by atoms with Crippen molar-refractivity contribution in [3.05, 3.63) is 0 Å². The molecule has 2 aliphatic rings. The molecule has 2 rings (SSSR count). The minimum atomic E-state index is -0.224. The molecule has 4 heteroatoms. The van der Waals surface area contributed by atoms with Gasteiger partial charge in [0.1, 0.15) is 0 Å². The average Bonchev–Trinajstić information content (AvgIpc) is 2.54. The highest BCUT2D eigenvalue weighted by atomic mass is 16.3. The largest absolute Gasteiger partial charge is 0.392 e. The first kappa shape index (κ1) is 16.8. The molecule has 1 heterocycles. The summed E-state index contributed by atoms with van der Waals surface area (Å²) in [7, 11) is 0. The van der Waals surface area contributed by atoms with Crippen molar-refractivity contribution in [2.45, 2.75) is 64.4 Å². The number of hydrogen-bond acceptors (Lipinski definition) is 3. The SMILES string of the molecule is CC[C@@H](O)CN1CCN(C(=O)CCC2CCCCC2)CC1. The molecule has 0 aromatic carbocycles. The van der Waals surface area contributed by atoms with Gasteiger partial charge in [-0.1, -0.05) is 39.0 Å². The second kappa shape index (κ2) is 8.74. The lowest BCUT2D eigenvalue weighted by Crippen LogP contribution is -2.50. The molecular formula is C17H32N2O2. The van der Waals surface area contributed by atoms with Crippen molar-refractivity contribution in [1.29, 1.82) is 0 Å². The number of aliphatic hydroxyl groups is 1. The van der Waals surface area contributed by atoms with E-state index in [-0.39, 0.29) is 6.10 Å². The zero-order valence-corrected chi connectivity index (χ0v) is 13.6. The van der Waals surface area contributed by atoms with Crippen molar-refractivity contribution < 1.29 is 9.90 Å². The summed E-state index contributed by atoms with van der Waals surface area (Å²) in [6.45, 7) is 6.24. The lowest BCUT2D eigenvalue weighted by molar-refractivity contribution is -0.133. The van der Waals surface area contributed by atoms with Gasteiger partial charge in [0, 0.05) is 39.1 Å². The average molecular weight is 296 g/mol. The van der Waals surface area contributed by atoms with Crippen molar-refractivity contribution in [1.82, 2.24) is 9.80 Å². The number of β-amino-alcohol motifs (C(OH)–C–C–N with tert-alkyl or cyclic N) is 1. The highest BCUT2D eigenvalue weighted by molar-refractivity contribution is 5.76. The topological polar surface area (TPSA) is 43.8 Å². The van der Waals surface area contributed by atoms with Gasteiger partial charge in [-0.05, 0) is 18.8 Å². The first-order valence-corrected chi connectivity index (χ1v) is 8.87. The molecule has 122 valence electrons. The lowest BCUT2D eigenvalue weighted by Gasteiger charge is -2.36. The summed E-state index contributed by atoms with van der Waals surface area (Å²) in [4.78, 5) is 16.6. The van der Waals surface area contributed by atoms with Gasteiger partial charge in [0.2, 0.25) is 5.91 Å². The molecule has 21 heavy (non-hydrogen) atoms. The van der Waals surface area contributed by atoms with Gasteiger partial charge in [-0.3, -0.25) is 9.69 Å². The van der Waals surface area contributed by atoms with Gasteiger partial charge in [0.25, 0.3) is 0 Å². The Balaban J connectivity index is 1.63.